The van der Waals surface area contributed by atoms with Gasteiger partial charge < -0.3 is 26.4 Å². The van der Waals surface area contributed by atoms with E-state index in [0.29, 0.717) is 23.4 Å². The van der Waals surface area contributed by atoms with Gasteiger partial charge in [0.25, 0.3) is 5.91 Å². The Morgan fingerprint density at radius 3 is 2.38 bits per heavy atom. The summed E-state index contributed by atoms with van der Waals surface area (Å²) in [5, 5.41) is 11.0. The highest BCUT2D eigenvalue weighted by Crippen LogP contribution is 2.61. The molecule has 1 saturated heterocycles. The molecule has 180 valence electrons. The largest absolute Gasteiger partial charge is 0.399 e. The minimum Gasteiger partial charge on any atom is -0.399 e. The minimum absolute atomic E-state index is 0.237. The lowest BCUT2D eigenvalue weighted by molar-refractivity contribution is -0.134. The van der Waals surface area contributed by atoms with E-state index in [9.17, 15) is 9.90 Å². The van der Waals surface area contributed by atoms with E-state index < -0.39 is 11.5 Å². The zero-order valence-electron chi connectivity index (χ0n) is 19.9. The van der Waals surface area contributed by atoms with Gasteiger partial charge in [0.2, 0.25) is 0 Å². The molecule has 7 nitrogen and oxygen atoms in total. The number of pyridine rings is 1. The van der Waals surface area contributed by atoms with Crippen molar-refractivity contribution in [1.82, 2.24) is 4.98 Å². The Balaban J connectivity index is 1.25. The van der Waals surface area contributed by atoms with Crippen LogP contribution in [0.2, 0.25) is 0 Å². The lowest BCUT2D eigenvalue weighted by atomic mass is 9.49. The van der Waals surface area contributed by atoms with Gasteiger partial charge in [-0.2, -0.15) is 0 Å². The first kappa shape index (κ1) is 21.7. The number of amides is 1. The number of primary amides is 1. The molecule has 0 spiro atoms. The molecule has 1 amide bonds. The van der Waals surface area contributed by atoms with Crippen LogP contribution in [-0.2, 0) is 0 Å². The fourth-order valence-corrected chi connectivity index (χ4v) is 7.79. The molecular formula is C27H35N5O2. The van der Waals surface area contributed by atoms with Gasteiger partial charge in [-0.3, -0.25) is 4.79 Å². The van der Waals surface area contributed by atoms with Crippen LogP contribution in [0.1, 0.15) is 61.0 Å². The number of nitrogens with two attached hydrogens (primary N) is 2. The number of aliphatic hydroxyl groups is 1. The lowest BCUT2D eigenvalue weighted by Gasteiger charge is -2.58. The number of benzene rings is 1. The van der Waals surface area contributed by atoms with Gasteiger partial charge in [-0.25, -0.2) is 4.98 Å². The summed E-state index contributed by atoms with van der Waals surface area (Å²) in [5.41, 5.74) is 14.6. The van der Waals surface area contributed by atoms with Crippen LogP contribution in [0.4, 0.5) is 17.2 Å². The van der Waals surface area contributed by atoms with Crippen molar-refractivity contribution in [3.8, 4) is 0 Å². The second-order valence-electron chi connectivity index (χ2n) is 11.3. The Bertz CT molecular complexity index is 1090. The average Bonchev–Trinajstić information content (AvgIpc) is 2.78. The van der Waals surface area contributed by atoms with Crippen molar-refractivity contribution in [2.75, 3.05) is 35.2 Å². The van der Waals surface area contributed by atoms with E-state index in [1.807, 2.05) is 12.1 Å². The Labute approximate surface area is 201 Å². The quantitative estimate of drug-likeness (QED) is 0.604. The Morgan fingerprint density at radius 1 is 1.06 bits per heavy atom. The van der Waals surface area contributed by atoms with Crippen molar-refractivity contribution in [2.24, 2.45) is 23.5 Å². The van der Waals surface area contributed by atoms with Crippen LogP contribution in [-0.4, -0.2) is 47.3 Å². The third-order valence-corrected chi connectivity index (χ3v) is 8.93. The van der Waals surface area contributed by atoms with Gasteiger partial charge in [-0.1, -0.05) is 6.07 Å². The molecule has 34 heavy (non-hydrogen) atoms. The van der Waals surface area contributed by atoms with Gasteiger partial charge in [0.15, 0.2) is 0 Å². The first-order valence-electron chi connectivity index (χ1n) is 12.7. The van der Waals surface area contributed by atoms with Gasteiger partial charge in [0.05, 0.1) is 5.60 Å². The number of nitrogen functional groups attached to an aromatic ring is 1. The van der Waals surface area contributed by atoms with E-state index in [-0.39, 0.29) is 12.0 Å². The van der Waals surface area contributed by atoms with Crippen molar-refractivity contribution in [3.63, 3.8) is 0 Å². The topological polar surface area (TPSA) is 109 Å². The zero-order chi connectivity index (χ0) is 23.6. The van der Waals surface area contributed by atoms with Crippen molar-refractivity contribution in [2.45, 2.75) is 56.6 Å². The van der Waals surface area contributed by atoms with E-state index in [1.54, 1.807) is 0 Å². The fourth-order valence-electron chi connectivity index (χ4n) is 7.79. The van der Waals surface area contributed by atoms with Crippen LogP contribution in [0, 0.1) is 17.8 Å². The molecule has 1 aliphatic heterocycles. The van der Waals surface area contributed by atoms with E-state index in [1.165, 1.54) is 5.69 Å². The predicted octanol–water partition coefficient (Wildman–Crippen LogP) is 3.13. The number of rotatable bonds is 4. The molecule has 4 aliphatic carbocycles. The summed E-state index contributed by atoms with van der Waals surface area (Å²) in [6, 6.07) is 12.4. The summed E-state index contributed by atoms with van der Waals surface area (Å²) >= 11 is 0. The van der Waals surface area contributed by atoms with Gasteiger partial charge in [-0.15, -0.1) is 0 Å². The molecule has 4 saturated carbocycles. The standard InChI is InChI=1S/C27H35N5O2/c1-16-15-31(21-4-2-20(28)3-5-21)8-9-32(16)23-7-6-22(25(30-23)26(29)33)24-18-10-17-11-19(24)14-27(34,12-17)13-18/h2-7,16-19,24,34H,8-15,28H2,1H3,(H2,29,33)/t16-,17?,18?,19?,24?,27?/m1/s1. The molecule has 1 aromatic carbocycles. The maximum Gasteiger partial charge on any atom is 0.267 e. The molecule has 0 radical (unpaired) electrons. The summed E-state index contributed by atoms with van der Waals surface area (Å²) in [6.07, 6.45) is 4.93. The molecule has 7 rings (SSSR count). The smallest absolute Gasteiger partial charge is 0.267 e. The molecule has 4 bridgehead atoms. The summed E-state index contributed by atoms with van der Waals surface area (Å²) in [7, 11) is 0. The molecule has 1 aromatic heterocycles. The normalized spacial score (nSPS) is 34.5. The molecule has 5 aliphatic rings. The Hall–Kier alpha value is -2.80. The number of hydrogen-bond acceptors (Lipinski definition) is 6. The second-order valence-corrected chi connectivity index (χ2v) is 11.3. The van der Waals surface area contributed by atoms with Crippen molar-refractivity contribution in [3.05, 3.63) is 47.7 Å². The zero-order valence-corrected chi connectivity index (χ0v) is 19.9. The Morgan fingerprint density at radius 2 is 1.76 bits per heavy atom. The molecule has 5 fully saturated rings. The number of piperazine rings is 1. The SMILES string of the molecule is C[C@@H]1CN(c2ccc(N)cc2)CCN1c1ccc(C2C3CC4CC2CC(O)(C4)C3)c(C(N)=O)n1. The van der Waals surface area contributed by atoms with Crippen LogP contribution < -0.4 is 21.3 Å². The van der Waals surface area contributed by atoms with Gasteiger partial charge >= 0.3 is 0 Å². The fraction of sp³-hybridized carbons (Fsp3) is 0.556. The second kappa shape index (κ2) is 7.87. The first-order valence-corrected chi connectivity index (χ1v) is 12.7. The number of hydrogen-bond donors (Lipinski definition) is 3. The van der Waals surface area contributed by atoms with Gasteiger partial charge in [0, 0.05) is 37.1 Å². The molecule has 2 unspecified atom stereocenters. The molecule has 5 N–H and O–H groups in total. The number of nitrogens with zero attached hydrogens (tertiary/aromatic N) is 3. The number of aromatic nitrogens is 1. The summed E-state index contributed by atoms with van der Waals surface area (Å²) in [6.45, 7) is 4.75. The van der Waals surface area contributed by atoms with E-state index in [4.69, 9.17) is 16.5 Å². The molecule has 3 atom stereocenters. The van der Waals surface area contributed by atoms with E-state index in [0.717, 1.165) is 68.8 Å². The van der Waals surface area contributed by atoms with Crippen LogP contribution in [0.3, 0.4) is 0 Å². The average molecular weight is 462 g/mol. The van der Waals surface area contributed by atoms with E-state index >= 15 is 0 Å². The van der Waals surface area contributed by atoms with Gasteiger partial charge in [-0.05, 0) is 98.6 Å². The number of carbonyl (C=O) groups is 1. The van der Waals surface area contributed by atoms with Crippen molar-refractivity contribution >= 4 is 23.1 Å². The third kappa shape index (κ3) is 3.61. The summed E-state index contributed by atoms with van der Waals surface area (Å²) in [5.74, 6) is 2.12. The van der Waals surface area contributed by atoms with Crippen LogP contribution in [0.15, 0.2) is 36.4 Å². The highest BCUT2D eigenvalue weighted by molar-refractivity contribution is 5.93. The van der Waals surface area contributed by atoms with Crippen LogP contribution in [0.5, 0.6) is 0 Å². The molecule has 2 heterocycles. The number of carbonyl (C=O) groups excluding carboxylic acids is 1. The van der Waals surface area contributed by atoms with Crippen LogP contribution >= 0.6 is 0 Å². The molecule has 2 aromatic rings. The molecular weight excluding hydrogens is 426 g/mol. The van der Waals surface area contributed by atoms with Gasteiger partial charge in [0.1, 0.15) is 11.5 Å². The third-order valence-electron chi connectivity index (χ3n) is 8.93. The first-order chi connectivity index (χ1) is 16.3. The minimum atomic E-state index is -0.493. The van der Waals surface area contributed by atoms with Crippen LogP contribution in [0.25, 0.3) is 0 Å². The maximum atomic E-state index is 12.6. The predicted molar refractivity (Wildman–Crippen MR) is 134 cm³/mol. The number of anilines is 3. The van der Waals surface area contributed by atoms with Crippen molar-refractivity contribution in [1.29, 1.82) is 0 Å². The highest BCUT2D eigenvalue weighted by atomic mass is 16.3. The molecule has 7 heteroatoms. The summed E-state index contributed by atoms with van der Waals surface area (Å²) < 4.78 is 0. The monoisotopic (exact) mass is 461 g/mol. The van der Waals surface area contributed by atoms with E-state index in [2.05, 4.69) is 41.0 Å². The van der Waals surface area contributed by atoms with Crippen molar-refractivity contribution < 1.29 is 9.90 Å². The lowest BCUT2D eigenvalue weighted by Crippen LogP contribution is -2.54. The highest BCUT2D eigenvalue weighted by Gasteiger charge is 2.55. The summed E-state index contributed by atoms with van der Waals surface area (Å²) in [4.78, 5) is 22.1. The maximum absolute atomic E-state index is 12.6. The Kier molecular flexibility index (Phi) is 5.03.